The standard InChI is InChI=1S/C21H43FO7/c1-10-13-15-26-21(25-14-11-2,28-18(6)7)20(29-22,27-16-17(4)5)19(8,23-9)24-12-3/h17-18H,10-16H2,1-9H3. The maximum absolute atomic E-state index is 14.6. The van der Waals surface area contributed by atoms with Gasteiger partial charge in [0.15, 0.2) is 0 Å². The van der Waals surface area contributed by atoms with E-state index in [0.717, 1.165) is 6.42 Å². The summed E-state index contributed by atoms with van der Waals surface area (Å²) in [7, 11) is 1.38. The Morgan fingerprint density at radius 1 is 0.862 bits per heavy atom. The number of rotatable bonds is 18. The molecule has 0 rings (SSSR count). The van der Waals surface area contributed by atoms with Crippen molar-refractivity contribution < 1.29 is 37.9 Å². The summed E-state index contributed by atoms with van der Waals surface area (Å²) in [5.74, 6) is -6.04. The van der Waals surface area contributed by atoms with Gasteiger partial charge in [-0.2, -0.15) is 0 Å². The molecule has 0 saturated heterocycles. The van der Waals surface area contributed by atoms with Crippen LogP contribution < -0.4 is 0 Å². The summed E-state index contributed by atoms with van der Waals surface area (Å²) >= 11 is 0. The largest absolute Gasteiger partial charge is 0.350 e. The van der Waals surface area contributed by atoms with E-state index < -0.39 is 23.7 Å². The van der Waals surface area contributed by atoms with Crippen molar-refractivity contribution in [2.45, 2.75) is 98.3 Å². The van der Waals surface area contributed by atoms with Gasteiger partial charge in [0, 0.05) is 13.7 Å². The van der Waals surface area contributed by atoms with Crippen molar-refractivity contribution in [3.8, 4) is 0 Å². The van der Waals surface area contributed by atoms with E-state index in [1.807, 2.05) is 27.7 Å². The molecule has 0 amide bonds. The second-order valence-electron chi connectivity index (χ2n) is 7.75. The summed E-state index contributed by atoms with van der Waals surface area (Å²) in [6.07, 6.45) is 1.83. The Morgan fingerprint density at radius 3 is 1.90 bits per heavy atom. The molecule has 0 saturated carbocycles. The van der Waals surface area contributed by atoms with Crippen LogP contribution in [-0.4, -0.2) is 57.2 Å². The molecule has 0 aliphatic carbocycles. The van der Waals surface area contributed by atoms with Gasteiger partial charge in [-0.1, -0.05) is 34.1 Å². The van der Waals surface area contributed by atoms with Crippen LogP contribution in [0.3, 0.4) is 0 Å². The predicted molar refractivity (Wildman–Crippen MR) is 109 cm³/mol. The van der Waals surface area contributed by atoms with Crippen LogP contribution in [0.15, 0.2) is 0 Å². The van der Waals surface area contributed by atoms with Crippen molar-refractivity contribution in [1.82, 2.24) is 0 Å². The van der Waals surface area contributed by atoms with E-state index in [1.165, 1.54) is 14.0 Å². The van der Waals surface area contributed by atoms with Gasteiger partial charge >= 0.3 is 11.8 Å². The first-order chi connectivity index (χ1) is 13.6. The van der Waals surface area contributed by atoms with Gasteiger partial charge < -0.3 is 28.4 Å². The molecule has 8 heteroatoms. The molecule has 0 bridgehead atoms. The van der Waals surface area contributed by atoms with Crippen LogP contribution in [0, 0.1) is 5.92 Å². The van der Waals surface area contributed by atoms with Crippen molar-refractivity contribution in [2.75, 3.05) is 33.5 Å². The van der Waals surface area contributed by atoms with Crippen molar-refractivity contribution in [3.63, 3.8) is 0 Å². The van der Waals surface area contributed by atoms with Gasteiger partial charge in [0.1, 0.15) is 0 Å². The average molecular weight is 427 g/mol. The Labute approximate surface area is 176 Å². The third-order valence-corrected chi connectivity index (χ3v) is 4.22. The monoisotopic (exact) mass is 426 g/mol. The van der Waals surface area contributed by atoms with Gasteiger partial charge in [-0.05, 0) is 51.0 Å². The van der Waals surface area contributed by atoms with Crippen molar-refractivity contribution in [3.05, 3.63) is 0 Å². The topological polar surface area (TPSA) is 64.6 Å². The van der Waals surface area contributed by atoms with Crippen LogP contribution in [0.1, 0.15) is 74.7 Å². The highest BCUT2D eigenvalue weighted by Gasteiger charge is 2.72. The Hall–Kier alpha value is -0.350. The first-order valence-electron chi connectivity index (χ1n) is 10.7. The highest BCUT2D eigenvalue weighted by Crippen LogP contribution is 2.46. The van der Waals surface area contributed by atoms with Crippen LogP contribution in [0.25, 0.3) is 0 Å². The zero-order valence-electron chi connectivity index (χ0n) is 19.8. The normalized spacial score (nSPS) is 18.6. The Bertz CT molecular complexity index is 424. The quantitative estimate of drug-likeness (QED) is 0.226. The lowest BCUT2D eigenvalue weighted by Crippen LogP contribution is -2.73. The van der Waals surface area contributed by atoms with Crippen LogP contribution in [0.2, 0.25) is 0 Å². The van der Waals surface area contributed by atoms with Gasteiger partial charge in [0.05, 0.1) is 25.9 Å². The van der Waals surface area contributed by atoms with Gasteiger partial charge in [0.25, 0.3) is 0 Å². The Balaban J connectivity index is 6.63. The number of hydrogen-bond acceptors (Lipinski definition) is 7. The SMILES string of the molecule is CCCCOC(OCCC)(OC(C)C)C(OF)(OCC(C)C)C(C)(OC)OCC. The molecule has 3 atom stereocenters. The third kappa shape index (κ3) is 7.38. The number of halogens is 1. The van der Waals surface area contributed by atoms with Gasteiger partial charge in [0.2, 0.25) is 5.79 Å². The van der Waals surface area contributed by atoms with Crippen LogP contribution in [0.4, 0.5) is 4.53 Å². The minimum atomic E-state index is -2.30. The van der Waals surface area contributed by atoms with Crippen LogP contribution >= 0.6 is 0 Å². The molecule has 7 nitrogen and oxygen atoms in total. The number of methoxy groups -OCH3 is 1. The lowest BCUT2D eigenvalue weighted by molar-refractivity contribution is -0.581. The van der Waals surface area contributed by atoms with Gasteiger partial charge in [-0.3, -0.25) is 0 Å². The van der Waals surface area contributed by atoms with E-state index in [9.17, 15) is 4.53 Å². The zero-order valence-corrected chi connectivity index (χ0v) is 19.8. The van der Waals surface area contributed by atoms with Gasteiger partial charge in [-0.25, -0.2) is 0 Å². The Kier molecular flexibility index (Phi) is 13.7. The van der Waals surface area contributed by atoms with E-state index in [0.29, 0.717) is 12.8 Å². The maximum Gasteiger partial charge on any atom is 0.350 e. The number of hydrogen-bond donors (Lipinski definition) is 0. The smallest absolute Gasteiger partial charge is 0.349 e. The second kappa shape index (κ2) is 13.9. The van der Waals surface area contributed by atoms with E-state index in [2.05, 4.69) is 4.94 Å². The molecule has 0 spiro atoms. The summed E-state index contributed by atoms with van der Waals surface area (Å²) in [5.41, 5.74) is 0. The highest BCUT2D eigenvalue weighted by molar-refractivity contribution is 4.95. The summed E-state index contributed by atoms with van der Waals surface area (Å²) in [6, 6.07) is 0. The molecule has 0 heterocycles. The van der Waals surface area contributed by atoms with Crippen molar-refractivity contribution in [2.24, 2.45) is 5.92 Å². The first-order valence-corrected chi connectivity index (χ1v) is 10.7. The van der Waals surface area contributed by atoms with E-state index in [1.54, 1.807) is 20.8 Å². The molecule has 0 aliphatic rings. The fraction of sp³-hybridized carbons (Fsp3) is 1.00. The maximum atomic E-state index is 14.6. The highest BCUT2D eigenvalue weighted by atomic mass is 19.3. The first kappa shape index (κ1) is 28.6. The van der Waals surface area contributed by atoms with Crippen molar-refractivity contribution >= 4 is 0 Å². The fourth-order valence-corrected chi connectivity index (χ4v) is 2.76. The summed E-state index contributed by atoms with van der Waals surface area (Å²) < 4.78 is 50.2. The van der Waals surface area contributed by atoms with E-state index in [-0.39, 0.29) is 32.3 Å². The molecular weight excluding hydrogens is 383 g/mol. The molecule has 0 aromatic carbocycles. The van der Waals surface area contributed by atoms with Crippen molar-refractivity contribution in [1.29, 1.82) is 0 Å². The molecule has 0 aromatic heterocycles. The van der Waals surface area contributed by atoms with Gasteiger partial charge in [-0.15, -0.1) is 4.94 Å². The molecular formula is C21H43FO7. The molecule has 0 N–H and O–H groups in total. The molecule has 0 radical (unpaired) electrons. The minimum absolute atomic E-state index is 0.0609. The molecule has 0 aliphatic heterocycles. The fourth-order valence-electron chi connectivity index (χ4n) is 2.76. The Morgan fingerprint density at radius 2 is 1.48 bits per heavy atom. The minimum Gasteiger partial charge on any atom is -0.349 e. The third-order valence-electron chi connectivity index (χ3n) is 4.22. The summed E-state index contributed by atoms with van der Waals surface area (Å²) in [5, 5.41) is 0. The second-order valence-corrected chi connectivity index (χ2v) is 7.75. The lowest BCUT2D eigenvalue weighted by Gasteiger charge is -2.51. The average Bonchev–Trinajstić information content (AvgIpc) is 2.66. The molecule has 29 heavy (non-hydrogen) atoms. The number of ether oxygens (including phenoxy) is 6. The van der Waals surface area contributed by atoms with Crippen LogP contribution in [-0.2, 0) is 33.4 Å². The zero-order chi connectivity index (χ0) is 22.6. The molecule has 0 aromatic rings. The predicted octanol–water partition coefficient (Wildman–Crippen LogP) is 4.98. The van der Waals surface area contributed by atoms with E-state index >= 15 is 0 Å². The van der Waals surface area contributed by atoms with Crippen LogP contribution in [0.5, 0.6) is 0 Å². The number of unbranched alkanes of at least 4 members (excludes halogenated alkanes) is 1. The van der Waals surface area contributed by atoms with E-state index in [4.69, 9.17) is 28.4 Å². The molecule has 176 valence electrons. The molecule has 3 unspecified atom stereocenters. The summed E-state index contributed by atoms with van der Waals surface area (Å²) in [6.45, 7) is 15.5. The summed E-state index contributed by atoms with van der Waals surface area (Å²) in [4.78, 5) is 4.54. The lowest BCUT2D eigenvalue weighted by atomic mass is 10.0. The molecule has 0 fully saturated rings.